The number of rotatable bonds is 6. The van der Waals surface area contributed by atoms with Crippen molar-refractivity contribution in [1.29, 1.82) is 0 Å². The Hall–Kier alpha value is -2.20. The number of benzene rings is 2. The van der Waals surface area contributed by atoms with E-state index in [0.717, 1.165) is 42.9 Å². The van der Waals surface area contributed by atoms with Crippen LogP contribution < -0.4 is 5.32 Å². The van der Waals surface area contributed by atoms with Crippen molar-refractivity contribution < 1.29 is 14.7 Å². The lowest BCUT2D eigenvalue weighted by Crippen LogP contribution is -2.61. The summed E-state index contributed by atoms with van der Waals surface area (Å²) in [6, 6.07) is 13.6. The summed E-state index contributed by atoms with van der Waals surface area (Å²) in [7, 11) is 0. The summed E-state index contributed by atoms with van der Waals surface area (Å²) in [5.41, 5.74) is 0.193. The Labute approximate surface area is 178 Å². The minimum atomic E-state index is -0.520. The van der Waals surface area contributed by atoms with Crippen LogP contribution in [0.4, 0.5) is 0 Å². The van der Waals surface area contributed by atoms with Crippen molar-refractivity contribution >= 4 is 22.5 Å². The Morgan fingerprint density at radius 1 is 1.03 bits per heavy atom. The molecule has 4 saturated carbocycles. The third kappa shape index (κ3) is 3.45. The lowest BCUT2D eigenvalue weighted by atomic mass is 9.46. The number of aliphatic hydroxyl groups is 1. The highest BCUT2D eigenvalue weighted by molar-refractivity contribution is 6.08. The van der Waals surface area contributed by atoms with Gasteiger partial charge in [-0.05, 0) is 73.5 Å². The molecular weight excluding hydrogens is 374 g/mol. The first-order valence-corrected chi connectivity index (χ1v) is 11.4. The van der Waals surface area contributed by atoms with Crippen molar-refractivity contribution in [3.05, 3.63) is 48.0 Å². The molecule has 4 fully saturated rings. The van der Waals surface area contributed by atoms with Gasteiger partial charge in [0.15, 0.2) is 5.78 Å². The van der Waals surface area contributed by atoms with E-state index >= 15 is 0 Å². The second kappa shape index (κ2) is 7.19. The zero-order chi connectivity index (χ0) is 20.9. The quantitative estimate of drug-likeness (QED) is 0.688. The summed E-state index contributed by atoms with van der Waals surface area (Å²) in [5.74, 6) is 1.16. The SMILES string of the molecule is CC(NC(=O)CCC(=O)c1cccc2ccccc12)C12CC3CC(CC(O)(C3)C1)C2. The van der Waals surface area contributed by atoms with Crippen molar-refractivity contribution in [2.24, 2.45) is 17.3 Å². The molecule has 4 aliphatic rings. The van der Waals surface area contributed by atoms with Crippen LogP contribution in [0.15, 0.2) is 42.5 Å². The molecule has 1 amide bonds. The Bertz CT molecular complexity index is 977. The summed E-state index contributed by atoms with van der Waals surface area (Å²) in [6.07, 6.45) is 6.57. The first kappa shape index (κ1) is 19.7. The molecule has 2 aromatic rings. The molecule has 4 nitrogen and oxygen atoms in total. The zero-order valence-corrected chi connectivity index (χ0v) is 17.7. The number of nitrogens with one attached hydrogen (secondary N) is 1. The van der Waals surface area contributed by atoms with Crippen molar-refractivity contribution in [2.75, 3.05) is 0 Å². The van der Waals surface area contributed by atoms with E-state index in [9.17, 15) is 14.7 Å². The topological polar surface area (TPSA) is 66.4 Å². The molecule has 6 rings (SSSR count). The van der Waals surface area contributed by atoms with Gasteiger partial charge in [0.2, 0.25) is 5.91 Å². The van der Waals surface area contributed by atoms with E-state index in [2.05, 4.69) is 12.2 Å². The molecule has 30 heavy (non-hydrogen) atoms. The predicted octanol–water partition coefficient (Wildman–Crippen LogP) is 4.64. The van der Waals surface area contributed by atoms with Crippen LogP contribution in [0.1, 0.15) is 68.6 Å². The van der Waals surface area contributed by atoms with E-state index < -0.39 is 5.60 Å². The third-order valence-corrected chi connectivity index (χ3v) is 8.04. The van der Waals surface area contributed by atoms with Crippen LogP contribution in [0.3, 0.4) is 0 Å². The minimum Gasteiger partial charge on any atom is -0.390 e. The van der Waals surface area contributed by atoms with Gasteiger partial charge < -0.3 is 10.4 Å². The molecule has 0 spiro atoms. The summed E-state index contributed by atoms with van der Waals surface area (Å²) in [5, 5.41) is 16.2. The van der Waals surface area contributed by atoms with Crippen LogP contribution in [-0.2, 0) is 4.79 Å². The van der Waals surface area contributed by atoms with E-state index in [1.165, 1.54) is 6.42 Å². The standard InChI is InChI=1S/C26H31NO3/c1-17(25-12-18-11-19(13-25)15-26(30,14-18)16-25)27-24(29)10-9-23(28)22-8-4-6-20-5-2-3-7-21(20)22/h2-8,17-19,30H,9-16H2,1H3,(H,27,29). The molecule has 4 aliphatic carbocycles. The summed E-state index contributed by atoms with van der Waals surface area (Å²) >= 11 is 0. The van der Waals surface area contributed by atoms with E-state index in [1.807, 2.05) is 42.5 Å². The molecule has 4 heteroatoms. The molecule has 2 aromatic carbocycles. The van der Waals surface area contributed by atoms with E-state index in [-0.39, 0.29) is 36.0 Å². The molecule has 0 saturated heterocycles. The molecule has 3 unspecified atom stereocenters. The summed E-state index contributed by atoms with van der Waals surface area (Å²) in [4.78, 5) is 25.5. The van der Waals surface area contributed by atoms with Crippen LogP contribution in [0.25, 0.3) is 10.8 Å². The largest absolute Gasteiger partial charge is 0.390 e. The van der Waals surface area contributed by atoms with E-state index in [1.54, 1.807) is 0 Å². The molecule has 0 aromatic heterocycles. The summed E-state index contributed by atoms with van der Waals surface area (Å²) < 4.78 is 0. The van der Waals surface area contributed by atoms with Gasteiger partial charge in [0.05, 0.1) is 5.60 Å². The Kier molecular flexibility index (Phi) is 4.73. The van der Waals surface area contributed by atoms with Gasteiger partial charge in [0.25, 0.3) is 0 Å². The van der Waals surface area contributed by atoms with Crippen LogP contribution >= 0.6 is 0 Å². The fourth-order valence-electron chi connectivity index (χ4n) is 7.09. The molecule has 158 valence electrons. The molecule has 0 heterocycles. The van der Waals surface area contributed by atoms with Gasteiger partial charge >= 0.3 is 0 Å². The van der Waals surface area contributed by atoms with E-state index in [4.69, 9.17) is 0 Å². The predicted molar refractivity (Wildman–Crippen MR) is 117 cm³/mol. The Morgan fingerprint density at radius 2 is 1.73 bits per heavy atom. The molecule has 0 radical (unpaired) electrons. The van der Waals surface area contributed by atoms with Crippen molar-refractivity contribution in [3.8, 4) is 0 Å². The zero-order valence-electron chi connectivity index (χ0n) is 17.7. The number of carbonyl (C=O) groups is 2. The number of Topliss-reactive ketones (excluding diaryl/α,β-unsaturated/α-hetero) is 1. The van der Waals surface area contributed by atoms with E-state index in [0.29, 0.717) is 17.4 Å². The van der Waals surface area contributed by atoms with Gasteiger partial charge in [-0.1, -0.05) is 42.5 Å². The second-order valence-corrected chi connectivity index (χ2v) is 10.3. The number of carbonyl (C=O) groups excluding carboxylic acids is 2. The molecule has 3 atom stereocenters. The number of amides is 1. The first-order chi connectivity index (χ1) is 14.4. The summed E-state index contributed by atoms with van der Waals surface area (Å²) in [6.45, 7) is 2.10. The lowest BCUT2D eigenvalue weighted by Gasteiger charge is -2.62. The van der Waals surface area contributed by atoms with Crippen LogP contribution in [0.5, 0.6) is 0 Å². The highest BCUT2D eigenvalue weighted by atomic mass is 16.3. The second-order valence-electron chi connectivity index (χ2n) is 10.3. The highest BCUT2D eigenvalue weighted by Gasteiger charge is 2.58. The van der Waals surface area contributed by atoms with Gasteiger partial charge in [0.1, 0.15) is 0 Å². The van der Waals surface area contributed by atoms with Crippen LogP contribution in [0, 0.1) is 17.3 Å². The number of fused-ring (bicyclic) bond motifs is 1. The number of hydrogen-bond acceptors (Lipinski definition) is 3. The van der Waals surface area contributed by atoms with Gasteiger partial charge in [-0.25, -0.2) is 0 Å². The minimum absolute atomic E-state index is 0.0127. The van der Waals surface area contributed by atoms with Gasteiger partial charge in [-0.3, -0.25) is 9.59 Å². The maximum Gasteiger partial charge on any atom is 0.220 e. The maximum absolute atomic E-state index is 12.8. The highest BCUT2D eigenvalue weighted by Crippen LogP contribution is 2.62. The van der Waals surface area contributed by atoms with Gasteiger partial charge in [0, 0.05) is 24.4 Å². The third-order valence-electron chi connectivity index (χ3n) is 8.04. The Morgan fingerprint density at radius 3 is 2.47 bits per heavy atom. The average Bonchev–Trinajstić information content (AvgIpc) is 2.69. The smallest absolute Gasteiger partial charge is 0.220 e. The van der Waals surface area contributed by atoms with Gasteiger partial charge in [-0.15, -0.1) is 0 Å². The first-order valence-electron chi connectivity index (χ1n) is 11.4. The van der Waals surface area contributed by atoms with Crippen LogP contribution in [-0.4, -0.2) is 28.4 Å². The molecule has 0 aliphatic heterocycles. The fourth-order valence-corrected chi connectivity index (χ4v) is 7.09. The molecule has 4 bridgehead atoms. The lowest BCUT2D eigenvalue weighted by molar-refractivity contribution is -0.173. The molecular formula is C26H31NO3. The Balaban J connectivity index is 1.22. The van der Waals surface area contributed by atoms with Gasteiger partial charge in [-0.2, -0.15) is 0 Å². The number of ketones is 1. The van der Waals surface area contributed by atoms with Crippen molar-refractivity contribution in [2.45, 2.75) is 69.9 Å². The fraction of sp³-hybridized carbons (Fsp3) is 0.538. The maximum atomic E-state index is 12.8. The molecule has 2 N–H and O–H groups in total. The number of hydrogen-bond donors (Lipinski definition) is 2. The average molecular weight is 406 g/mol. The van der Waals surface area contributed by atoms with Crippen LogP contribution in [0.2, 0.25) is 0 Å². The van der Waals surface area contributed by atoms with Crippen molar-refractivity contribution in [1.82, 2.24) is 5.32 Å². The van der Waals surface area contributed by atoms with Crippen molar-refractivity contribution in [3.63, 3.8) is 0 Å². The normalized spacial score (nSPS) is 32.9. The monoisotopic (exact) mass is 405 g/mol.